The zero-order valence-electron chi connectivity index (χ0n) is 11.1. The molecule has 7 heteroatoms. The lowest BCUT2D eigenvalue weighted by Gasteiger charge is -2.10. The number of rotatable bonds is 5. The SMILES string of the molecule is CCc1nnc(NC(=O)[C@@H](C)Sc2ccc(Cl)cc2)s1. The van der Waals surface area contributed by atoms with Crippen LogP contribution in [0.3, 0.4) is 0 Å². The molecule has 0 fully saturated rings. The number of carbonyl (C=O) groups excluding carboxylic acids is 1. The van der Waals surface area contributed by atoms with Crippen molar-refractivity contribution in [1.82, 2.24) is 10.2 Å². The molecule has 1 atom stereocenters. The fourth-order valence-corrected chi connectivity index (χ4v) is 3.10. The summed E-state index contributed by atoms with van der Waals surface area (Å²) >= 11 is 8.72. The smallest absolute Gasteiger partial charge is 0.239 e. The van der Waals surface area contributed by atoms with Crippen LogP contribution in [0, 0.1) is 0 Å². The molecule has 0 bridgehead atoms. The fourth-order valence-electron chi connectivity index (χ4n) is 1.42. The molecular weight excluding hydrogens is 314 g/mol. The van der Waals surface area contributed by atoms with E-state index in [0.717, 1.165) is 16.3 Å². The van der Waals surface area contributed by atoms with Crippen molar-refractivity contribution in [1.29, 1.82) is 0 Å². The number of hydrogen-bond donors (Lipinski definition) is 1. The largest absolute Gasteiger partial charge is 0.300 e. The minimum Gasteiger partial charge on any atom is -0.300 e. The molecule has 106 valence electrons. The van der Waals surface area contributed by atoms with Gasteiger partial charge in [-0.2, -0.15) is 0 Å². The predicted molar refractivity (Wildman–Crippen MR) is 84.7 cm³/mol. The number of thioether (sulfide) groups is 1. The third-order valence-corrected chi connectivity index (χ3v) is 4.84. The quantitative estimate of drug-likeness (QED) is 0.847. The topological polar surface area (TPSA) is 54.9 Å². The van der Waals surface area contributed by atoms with Crippen molar-refractivity contribution in [2.45, 2.75) is 30.4 Å². The van der Waals surface area contributed by atoms with Crippen LogP contribution in [-0.4, -0.2) is 21.4 Å². The van der Waals surface area contributed by atoms with Gasteiger partial charge in [0.25, 0.3) is 0 Å². The molecule has 0 saturated heterocycles. The second kappa shape index (κ2) is 7.06. The summed E-state index contributed by atoms with van der Waals surface area (Å²) in [7, 11) is 0. The van der Waals surface area contributed by atoms with E-state index in [0.29, 0.717) is 10.2 Å². The lowest BCUT2D eigenvalue weighted by Crippen LogP contribution is -2.22. The van der Waals surface area contributed by atoms with E-state index in [1.807, 2.05) is 38.1 Å². The van der Waals surface area contributed by atoms with E-state index in [9.17, 15) is 4.79 Å². The van der Waals surface area contributed by atoms with E-state index < -0.39 is 0 Å². The van der Waals surface area contributed by atoms with Gasteiger partial charge in [0.1, 0.15) is 5.01 Å². The predicted octanol–water partition coefficient (Wildman–Crippen LogP) is 3.87. The normalized spacial score (nSPS) is 12.2. The number of halogens is 1. The third-order valence-electron chi connectivity index (χ3n) is 2.50. The number of amides is 1. The second-order valence-electron chi connectivity index (χ2n) is 4.06. The summed E-state index contributed by atoms with van der Waals surface area (Å²) in [5.41, 5.74) is 0. The molecule has 2 rings (SSSR count). The molecular formula is C13H14ClN3OS2. The lowest BCUT2D eigenvalue weighted by atomic mass is 10.4. The van der Waals surface area contributed by atoms with Crippen molar-refractivity contribution in [2.24, 2.45) is 0 Å². The minimum absolute atomic E-state index is 0.0799. The van der Waals surface area contributed by atoms with Crippen LogP contribution in [0.4, 0.5) is 5.13 Å². The Hall–Kier alpha value is -1.11. The number of benzene rings is 1. The summed E-state index contributed by atoms with van der Waals surface area (Å²) < 4.78 is 0. The monoisotopic (exact) mass is 327 g/mol. The van der Waals surface area contributed by atoms with Crippen LogP contribution in [0.25, 0.3) is 0 Å². The zero-order chi connectivity index (χ0) is 14.5. The maximum absolute atomic E-state index is 12.1. The Morgan fingerprint density at radius 1 is 1.40 bits per heavy atom. The third kappa shape index (κ3) is 4.19. The van der Waals surface area contributed by atoms with Gasteiger partial charge in [-0.3, -0.25) is 10.1 Å². The number of nitrogens with one attached hydrogen (secondary N) is 1. The summed E-state index contributed by atoms with van der Waals surface area (Å²) in [4.78, 5) is 13.1. The number of nitrogens with zero attached hydrogens (tertiary/aromatic N) is 2. The van der Waals surface area contributed by atoms with Gasteiger partial charge in [-0.1, -0.05) is 29.9 Å². The van der Waals surface area contributed by atoms with E-state index in [1.165, 1.54) is 23.1 Å². The van der Waals surface area contributed by atoms with E-state index >= 15 is 0 Å². The Bertz CT molecular complexity index is 586. The molecule has 1 N–H and O–H groups in total. The van der Waals surface area contributed by atoms with E-state index in [4.69, 9.17) is 11.6 Å². The molecule has 0 aliphatic heterocycles. The molecule has 4 nitrogen and oxygen atoms in total. The number of hydrogen-bond acceptors (Lipinski definition) is 5. The second-order valence-corrected chi connectivity index (χ2v) is 6.97. The standard InChI is InChI=1S/C13H14ClN3OS2/c1-3-11-16-17-13(20-11)15-12(18)8(2)19-10-6-4-9(14)5-7-10/h4-8H,3H2,1-2H3,(H,15,17,18)/t8-/m1/s1. The Morgan fingerprint density at radius 3 is 2.70 bits per heavy atom. The van der Waals surface area contributed by atoms with Gasteiger partial charge in [0.2, 0.25) is 11.0 Å². The van der Waals surface area contributed by atoms with Crippen molar-refractivity contribution < 1.29 is 4.79 Å². The van der Waals surface area contributed by atoms with E-state index in [2.05, 4.69) is 15.5 Å². The Balaban J connectivity index is 1.93. The van der Waals surface area contributed by atoms with Gasteiger partial charge in [0, 0.05) is 9.92 Å². The van der Waals surface area contributed by atoms with Crippen LogP contribution < -0.4 is 5.32 Å². The van der Waals surface area contributed by atoms with Crippen LogP contribution in [0.15, 0.2) is 29.2 Å². The molecule has 0 radical (unpaired) electrons. The Labute approximate surface area is 130 Å². The highest BCUT2D eigenvalue weighted by molar-refractivity contribution is 8.00. The molecule has 20 heavy (non-hydrogen) atoms. The van der Waals surface area contributed by atoms with Crippen molar-refractivity contribution in [3.63, 3.8) is 0 Å². The van der Waals surface area contributed by atoms with E-state index in [-0.39, 0.29) is 11.2 Å². The zero-order valence-corrected chi connectivity index (χ0v) is 13.5. The summed E-state index contributed by atoms with van der Waals surface area (Å²) in [5, 5.41) is 12.6. The van der Waals surface area contributed by atoms with Gasteiger partial charge in [-0.25, -0.2) is 0 Å². The van der Waals surface area contributed by atoms with Crippen LogP contribution >= 0.6 is 34.7 Å². The average Bonchev–Trinajstić information content (AvgIpc) is 2.89. The molecule has 1 amide bonds. The van der Waals surface area contributed by atoms with Crippen molar-refractivity contribution >= 4 is 45.7 Å². The maximum atomic E-state index is 12.1. The van der Waals surface area contributed by atoms with Gasteiger partial charge in [0.05, 0.1) is 5.25 Å². The minimum atomic E-state index is -0.217. The highest BCUT2D eigenvalue weighted by atomic mass is 35.5. The molecule has 1 aromatic carbocycles. The first-order chi connectivity index (χ1) is 9.58. The van der Waals surface area contributed by atoms with Gasteiger partial charge in [-0.15, -0.1) is 22.0 Å². The summed E-state index contributed by atoms with van der Waals surface area (Å²) in [6.45, 7) is 3.86. The molecule has 0 spiro atoms. The first-order valence-electron chi connectivity index (χ1n) is 6.14. The highest BCUT2D eigenvalue weighted by Gasteiger charge is 2.16. The van der Waals surface area contributed by atoms with Gasteiger partial charge < -0.3 is 0 Å². The fraction of sp³-hybridized carbons (Fsp3) is 0.308. The van der Waals surface area contributed by atoms with Crippen LogP contribution in [0.1, 0.15) is 18.9 Å². The molecule has 0 aliphatic carbocycles. The van der Waals surface area contributed by atoms with Crippen molar-refractivity contribution in [2.75, 3.05) is 5.32 Å². The van der Waals surface area contributed by atoms with Crippen LogP contribution in [-0.2, 0) is 11.2 Å². The average molecular weight is 328 g/mol. The summed E-state index contributed by atoms with van der Waals surface area (Å²) in [6.07, 6.45) is 0.822. The van der Waals surface area contributed by atoms with Crippen molar-refractivity contribution in [3.05, 3.63) is 34.3 Å². The molecule has 0 unspecified atom stereocenters. The molecule has 1 heterocycles. The number of aryl methyl sites for hydroxylation is 1. The lowest BCUT2D eigenvalue weighted by molar-refractivity contribution is -0.115. The van der Waals surface area contributed by atoms with Crippen LogP contribution in [0.2, 0.25) is 5.02 Å². The van der Waals surface area contributed by atoms with Crippen molar-refractivity contribution in [3.8, 4) is 0 Å². The van der Waals surface area contributed by atoms with Crippen LogP contribution in [0.5, 0.6) is 0 Å². The summed E-state index contributed by atoms with van der Waals surface area (Å²) in [5.74, 6) is -0.0799. The van der Waals surface area contributed by atoms with Gasteiger partial charge in [-0.05, 0) is 37.6 Å². The van der Waals surface area contributed by atoms with E-state index in [1.54, 1.807) is 0 Å². The highest BCUT2D eigenvalue weighted by Crippen LogP contribution is 2.26. The number of anilines is 1. The molecule has 2 aromatic rings. The molecule has 1 aromatic heterocycles. The van der Waals surface area contributed by atoms with Gasteiger partial charge in [0.15, 0.2) is 0 Å². The first kappa shape index (κ1) is 15.3. The molecule has 0 aliphatic rings. The first-order valence-corrected chi connectivity index (χ1v) is 8.21. The summed E-state index contributed by atoms with van der Waals surface area (Å²) in [6, 6.07) is 7.42. The Kier molecular flexibility index (Phi) is 5.39. The molecule has 0 saturated carbocycles. The maximum Gasteiger partial charge on any atom is 0.239 e. The Morgan fingerprint density at radius 2 is 2.10 bits per heavy atom. The number of aromatic nitrogens is 2. The van der Waals surface area contributed by atoms with Gasteiger partial charge >= 0.3 is 0 Å². The number of carbonyl (C=O) groups is 1.